The molecule has 0 spiro atoms. The minimum Gasteiger partial charge on any atom is -0.462 e. The topological polar surface area (TPSA) is 88.3 Å². The van der Waals surface area contributed by atoms with Crippen LogP contribution in [-0.2, 0) is 9.53 Å². The quantitative estimate of drug-likeness (QED) is 0.418. The Hall–Kier alpha value is -3.48. The van der Waals surface area contributed by atoms with Crippen molar-refractivity contribution in [2.45, 2.75) is 6.92 Å². The molecule has 0 fully saturated rings. The van der Waals surface area contributed by atoms with Gasteiger partial charge in [-0.2, -0.15) is 0 Å². The average molecular weight is 354 g/mol. The molecule has 0 bridgehead atoms. The second-order valence-electron chi connectivity index (χ2n) is 5.47. The van der Waals surface area contributed by atoms with Crippen LogP contribution in [0, 0.1) is 5.82 Å². The van der Waals surface area contributed by atoms with Crippen molar-refractivity contribution in [1.29, 1.82) is 0 Å². The lowest BCUT2D eigenvalue weighted by molar-refractivity contribution is -0.112. The van der Waals surface area contributed by atoms with Crippen LogP contribution in [0.3, 0.4) is 0 Å². The summed E-state index contributed by atoms with van der Waals surface area (Å²) in [5.41, 5.74) is 1.33. The van der Waals surface area contributed by atoms with Gasteiger partial charge in [0.05, 0.1) is 17.7 Å². The second-order valence-corrected chi connectivity index (χ2v) is 5.47. The fraction of sp³-hybridized carbons (Fsp3) is 0.105. The molecule has 1 aromatic heterocycles. The molecule has 1 amide bonds. The van der Waals surface area contributed by atoms with Crippen molar-refractivity contribution in [2.75, 3.05) is 11.9 Å². The number of carbonyl (C=O) groups is 3. The van der Waals surface area contributed by atoms with Crippen molar-refractivity contribution >= 4 is 34.3 Å². The summed E-state index contributed by atoms with van der Waals surface area (Å²) in [4.78, 5) is 39.0. The lowest BCUT2D eigenvalue weighted by Gasteiger charge is -2.06. The van der Waals surface area contributed by atoms with Crippen LogP contribution < -0.4 is 5.32 Å². The molecule has 2 N–H and O–H groups in total. The summed E-state index contributed by atoms with van der Waals surface area (Å²) in [5.74, 6) is -2.63. The number of fused-ring (bicyclic) bond motifs is 1. The van der Waals surface area contributed by atoms with E-state index in [1.807, 2.05) is 0 Å². The van der Waals surface area contributed by atoms with Crippen LogP contribution in [0.15, 0.2) is 48.7 Å². The molecule has 132 valence electrons. The fourth-order valence-corrected chi connectivity index (χ4v) is 2.49. The Morgan fingerprint density at radius 1 is 1.12 bits per heavy atom. The molecule has 3 rings (SSSR count). The Balaban J connectivity index is 1.76. The first-order valence-electron chi connectivity index (χ1n) is 7.89. The highest BCUT2D eigenvalue weighted by Gasteiger charge is 2.20. The van der Waals surface area contributed by atoms with E-state index in [1.165, 1.54) is 48.7 Å². The predicted octanol–water partition coefficient (Wildman–Crippen LogP) is 3.31. The number of rotatable bonds is 5. The molecular weight excluding hydrogens is 339 g/mol. The number of ketones is 1. The summed E-state index contributed by atoms with van der Waals surface area (Å²) >= 11 is 0. The number of nitrogens with one attached hydrogen (secondary N) is 2. The van der Waals surface area contributed by atoms with Crippen molar-refractivity contribution in [3.63, 3.8) is 0 Å². The Labute approximate surface area is 148 Å². The summed E-state index contributed by atoms with van der Waals surface area (Å²) in [6.45, 7) is 1.96. The molecule has 3 aromatic rings. The highest BCUT2D eigenvalue weighted by atomic mass is 19.1. The van der Waals surface area contributed by atoms with Gasteiger partial charge in [0.25, 0.3) is 11.7 Å². The van der Waals surface area contributed by atoms with Gasteiger partial charge in [0, 0.05) is 22.8 Å². The molecule has 0 unspecified atom stereocenters. The Kier molecular flexibility index (Phi) is 4.79. The predicted molar refractivity (Wildman–Crippen MR) is 93.6 cm³/mol. The summed E-state index contributed by atoms with van der Waals surface area (Å²) in [6.07, 6.45) is 1.37. The smallest absolute Gasteiger partial charge is 0.338 e. The maximum atomic E-state index is 13.4. The molecule has 0 aliphatic carbocycles. The molecule has 2 aromatic carbocycles. The summed E-state index contributed by atoms with van der Waals surface area (Å²) in [6, 6.07) is 9.91. The molecule has 0 saturated carbocycles. The van der Waals surface area contributed by atoms with E-state index in [9.17, 15) is 18.8 Å². The summed E-state index contributed by atoms with van der Waals surface area (Å²) < 4.78 is 18.3. The van der Waals surface area contributed by atoms with Crippen molar-refractivity contribution in [3.8, 4) is 0 Å². The Morgan fingerprint density at radius 2 is 1.85 bits per heavy atom. The second kappa shape index (κ2) is 7.18. The van der Waals surface area contributed by atoms with Crippen molar-refractivity contribution in [2.24, 2.45) is 0 Å². The van der Waals surface area contributed by atoms with E-state index in [4.69, 9.17) is 4.74 Å². The van der Waals surface area contributed by atoms with E-state index in [0.717, 1.165) is 0 Å². The minimum absolute atomic E-state index is 0.0835. The lowest BCUT2D eigenvalue weighted by Crippen LogP contribution is -2.22. The van der Waals surface area contributed by atoms with Gasteiger partial charge in [-0.1, -0.05) is 0 Å². The van der Waals surface area contributed by atoms with E-state index >= 15 is 0 Å². The minimum atomic E-state index is -0.862. The van der Waals surface area contributed by atoms with Crippen LogP contribution in [0.1, 0.15) is 27.6 Å². The zero-order chi connectivity index (χ0) is 18.7. The van der Waals surface area contributed by atoms with E-state index in [0.29, 0.717) is 22.2 Å². The van der Waals surface area contributed by atoms with Crippen LogP contribution in [0.2, 0.25) is 0 Å². The third-order valence-electron chi connectivity index (χ3n) is 3.75. The fourth-order valence-electron chi connectivity index (χ4n) is 2.49. The SMILES string of the molecule is CCOC(=O)c1ccc(NC(=O)C(=O)c2c[nH]c3ccc(F)cc23)cc1. The number of carbonyl (C=O) groups excluding carboxylic acids is 3. The number of Topliss-reactive ketones (excluding diaryl/α,β-unsaturated/α-hetero) is 1. The first-order chi connectivity index (χ1) is 12.5. The van der Waals surface area contributed by atoms with Crippen LogP contribution in [0.4, 0.5) is 10.1 Å². The van der Waals surface area contributed by atoms with E-state index < -0.39 is 23.5 Å². The van der Waals surface area contributed by atoms with Crippen LogP contribution in [0.25, 0.3) is 10.9 Å². The van der Waals surface area contributed by atoms with E-state index in [-0.39, 0.29) is 12.2 Å². The molecule has 26 heavy (non-hydrogen) atoms. The van der Waals surface area contributed by atoms with Gasteiger partial charge in [0.15, 0.2) is 0 Å². The maximum Gasteiger partial charge on any atom is 0.338 e. The van der Waals surface area contributed by atoms with Crippen LogP contribution in [-0.4, -0.2) is 29.3 Å². The number of esters is 1. The number of anilines is 1. The first kappa shape index (κ1) is 17.3. The Bertz CT molecular complexity index is 992. The zero-order valence-electron chi connectivity index (χ0n) is 13.8. The van der Waals surface area contributed by atoms with Gasteiger partial charge in [0.1, 0.15) is 5.82 Å². The number of hydrogen-bond donors (Lipinski definition) is 2. The number of aromatic nitrogens is 1. The Morgan fingerprint density at radius 3 is 2.54 bits per heavy atom. The van der Waals surface area contributed by atoms with Gasteiger partial charge in [-0.25, -0.2) is 9.18 Å². The average Bonchev–Trinajstić information content (AvgIpc) is 3.04. The van der Waals surface area contributed by atoms with Crippen molar-refractivity contribution in [3.05, 3.63) is 65.6 Å². The molecule has 0 aliphatic rings. The highest BCUT2D eigenvalue weighted by molar-refractivity contribution is 6.48. The molecule has 0 aliphatic heterocycles. The van der Waals surface area contributed by atoms with E-state index in [2.05, 4.69) is 10.3 Å². The molecule has 0 radical (unpaired) electrons. The number of hydrogen-bond acceptors (Lipinski definition) is 4. The largest absolute Gasteiger partial charge is 0.462 e. The van der Waals surface area contributed by atoms with Crippen molar-refractivity contribution in [1.82, 2.24) is 4.98 Å². The van der Waals surface area contributed by atoms with Crippen LogP contribution in [0.5, 0.6) is 0 Å². The standard InChI is InChI=1S/C19H15FN2O4/c1-2-26-19(25)11-3-6-13(7-4-11)22-18(24)17(23)15-10-21-16-8-5-12(20)9-14(15)16/h3-10,21H,2H2,1H3,(H,22,24). The molecule has 7 heteroatoms. The number of aromatic amines is 1. The maximum absolute atomic E-state index is 13.4. The normalized spacial score (nSPS) is 10.5. The number of benzene rings is 2. The molecule has 0 atom stereocenters. The number of ether oxygens (including phenoxy) is 1. The van der Waals surface area contributed by atoms with Gasteiger partial charge in [-0.05, 0) is 49.4 Å². The summed E-state index contributed by atoms with van der Waals surface area (Å²) in [5, 5.41) is 2.80. The molecule has 6 nitrogen and oxygen atoms in total. The van der Waals surface area contributed by atoms with Gasteiger partial charge < -0.3 is 15.0 Å². The molecule has 0 saturated heterocycles. The van der Waals surface area contributed by atoms with Gasteiger partial charge >= 0.3 is 5.97 Å². The first-order valence-corrected chi connectivity index (χ1v) is 7.89. The van der Waals surface area contributed by atoms with Gasteiger partial charge in [-0.15, -0.1) is 0 Å². The third-order valence-corrected chi connectivity index (χ3v) is 3.75. The molecule has 1 heterocycles. The number of amides is 1. The van der Waals surface area contributed by atoms with Gasteiger partial charge in [-0.3, -0.25) is 9.59 Å². The van der Waals surface area contributed by atoms with Gasteiger partial charge in [0.2, 0.25) is 0 Å². The summed E-state index contributed by atoms with van der Waals surface area (Å²) in [7, 11) is 0. The monoisotopic (exact) mass is 354 g/mol. The number of halogens is 1. The van der Waals surface area contributed by atoms with Crippen LogP contribution >= 0.6 is 0 Å². The zero-order valence-corrected chi connectivity index (χ0v) is 13.8. The third kappa shape index (κ3) is 3.46. The lowest BCUT2D eigenvalue weighted by atomic mass is 10.1. The number of H-pyrrole nitrogens is 1. The van der Waals surface area contributed by atoms with E-state index in [1.54, 1.807) is 6.92 Å². The highest BCUT2D eigenvalue weighted by Crippen LogP contribution is 2.20. The van der Waals surface area contributed by atoms with Crippen molar-refractivity contribution < 1.29 is 23.5 Å². The molecular formula is C19H15FN2O4.